The highest BCUT2D eigenvalue weighted by Crippen LogP contribution is 2.16. The standard InChI is InChI=1S/C9H7N3O/c1-13-9-3-7(4-10)2-8-5-11-6-12(8)9/h2-3,5-6H,1H3. The molecule has 0 bridgehead atoms. The van der Waals surface area contributed by atoms with Crippen molar-refractivity contribution < 1.29 is 4.74 Å². The minimum absolute atomic E-state index is 0.574. The van der Waals surface area contributed by atoms with Crippen LogP contribution in [0.25, 0.3) is 5.52 Å². The Labute approximate surface area is 75.0 Å². The monoisotopic (exact) mass is 173 g/mol. The summed E-state index contributed by atoms with van der Waals surface area (Å²) in [6.07, 6.45) is 3.33. The average molecular weight is 173 g/mol. The Kier molecular flexibility index (Phi) is 1.64. The summed E-state index contributed by atoms with van der Waals surface area (Å²) in [6, 6.07) is 5.50. The van der Waals surface area contributed by atoms with E-state index in [2.05, 4.69) is 11.1 Å². The first-order chi connectivity index (χ1) is 6.35. The Balaban J connectivity index is 2.79. The van der Waals surface area contributed by atoms with Crippen molar-refractivity contribution in [1.29, 1.82) is 5.26 Å². The van der Waals surface area contributed by atoms with Crippen LogP contribution in [-0.4, -0.2) is 16.5 Å². The van der Waals surface area contributed by atoms with E-state index in [0.29, 0.717) is 11.4 Å². The van der Waals surface area contributed by atoms with E-state index in [0.717, 1.165) is 5.52 Å². The Bertz CT molecular complexity index is 481. The molecule has 0 aliphatic rings. The zero-order valence-corrected chi connectivity index (χ0v) is 7.06. The molecular weight excluding hydrogens is 166 g/mol. The van der Waals surface area contributed by atoms with E-state index < -0.39 is 0 Å². The topological polar surface area (TPSA) is 50.3 Å². The van der Waals surface area contributed by atoms with Gasteiger partial charge in [-0.1, -0.05) is 0 Å². The van der Waals surface area contributed by atoms with Crippen LogP contribution in [0, 0.1) is 11.3 Å². The van der Waals surface area contributed by atoms with Gasteiger partial charge in [-0.05, 0) is 6.07 Å². The molecule has 13 heavy (non-hydrogen) atoms. The quantitative estimate of drug-likeness (QED) is 0.651. The number of aromatic nitrogens is 2. The van der Waals surface area contributed by atoms with Crippen molar-refractivity contribution >= 4 is 5.52 Å². The summed E-state index contributed by atoms with van der Waals surface area (Å²) >= 11 is 0. The molecule has 64 valence electrons. The van der Waals surface area contributed by atoms with Gasteiger partial charge in [-0.3, -0.25) is 4.40 Å². The molecule has 4 nitrogen and oxygen atoms in total. The van der Waals surface area contributed by atoms with Crippen LogP contribution in [0.1, 0.15) is 5.56 Å². The molecule has 0 fully saturated rings. The second-order valence-corrected chi connectivity index (χ2v) is 2.59. The predicted octanol–water partition coefficient (Wildman–Crippen LogP) is 1.21. The van der Waals surface area contributed by atoms with Crippen molar-refractivity contribution in [1.82, 2.24) is 9.38 Å². The molecule has 0 unspecified atom stereocenters. The van der Waals surface area contributed by atoms with E-state index in [4.69, 9.17) is 10.00 Å². The lowest BCUT2D eigenvalue weighted by Gasteiger charge is -2.03. The largest absolute Gasteiger partial charge is 0.482 e. The molecule has 0 aliphatic carbocycles. The molecule has 0 aliphatic heterocycles. The first-order valence-corrected chi connectivity index (χ1v) is 3.75. The number of hydrogen-bond acceptors (Lipinski definition) is 3. The molecule has 0 spiro atoms. The number of methoxy groups -OCH3 is 1. The molecule has 0 saturated heterocycles. The summed E-state index contributed by atoms with van der Waals surface area (Å²) in [6.45, 7) is 0. The minimum Gasteiger partial charge on any atom is -0.482 e. The summed E-state index contributed by atoms with van der Waals surface area (Å²) in [4.78, 5) is 3.96. The smallest absolute Gasteiger partial charge is 0.200 e. The third kappa shape index (κ3) is 1.11. The van der Waals surface area contributed by atoms with Gasteiger partial charge in [0.2, 0.25) is 0 Å². The highest BCUT2D eigenvalue weighted by Gasteiger charge is 2.02. The number of pyridine rings is 1. The predicted molar refractivity (Wildman–Crippen MR) is 46.5 cm³/mol. The van der Waals surface area contributed by atoms with Crippen molar-refractivity contribution in [3.8, 4) is 11.9 Å². The number of hydrogen-bond donors (Lipinski definition) is 0. The highest BCUT2D eigenvalue weighted by molar-refractivity contribution is 5.53. The van der Waals surface area contributed by atoms with Crippen LogP contribution < -0.4 is 4.74 Å². The average Bonchev–Trinajstić information content (AvgIpc) is 2.63. The molecule has 0 amide bonds. The number of rotatable bonds is 1. The van der Waals surface area contributed by atoms with Crippen LogP contribution >= 0.6 is 0 Å². The molecule has 0 aromatic carbocycles. The van der Waals surface area contributed by atoms with Gasteiger partial charge in [0, 0.05) is 6.07 Å². The molecule has 2 aromatic heterocycles. The third-order valence-corrected chi connectivity index (χ3v) is 1.83. The van der Waals surface area contributed by atoms with Crippen LogP contribution in [0.5, 0.6) is 5.88 Å². The molecule has 4 heteroatoms. The lowest BCUT2D eigenvalue weighted by Crippen LogP contribution is -1.93. The Morgan fingerprint density at radius 1 is 1.54 bits per heavy atom. The zero-order valence-electron chi connectivity index (χ0n) is 7.06. The van der Waals surface area contributed by atoms with Gasteiger partial charge in [-0.2, -0.15) is 5.26 Å². The molecule has 0 N–H and O–H groups in total. The molecule has 0 radical (unpaired) electrons. The minimum atomic E-state index is 0.574. The molecular formula is C9H7N3O. The van der Waals surface area contributed by atoms with Crippen LogP contribution in [0.4, 0.5) is 0 Å². The fourth-order valence-electron chi connectivity index (χ4n) is 1.22. The van der Waals surface area contributed by atoms with E-state index in [-0.39, 0.29) is 0 Å². The summed E-state index contributed by atoms with van der Waals surface area (Å²) in [5, 5.41) is 8.72. The van der Waals surface area contributed by atoms with Crippen LogP contribution in [-0.2, 0) is 0 Å². The normalized spacial score (nSPS) is 9.85. The fraction of sp³-hybridized carbons (Fsp3) is 0.111. The van der Waals surface area contributed by atoms with Gasteiger partial charge in [0.05, 0.1) is 30.5 Å². The second-order valence-electron chi connectivity index (χ2n) is 2.59. The summed E-state index contributed by atoms with van der Waals surface area (Å²) in [5.74, 6) is 0.617. The van der Waals surface area contributed by atoms with Crippen LogP contribution in [0.15, 0.2) is 24.7 Å². The maximum absolute atomic E-state index is 8.72. The molecule has 2 heterocycles. The second kappa shape index (κ2) is 2.79. The fourth-order valence-corrected chi connectivity index (χ4v) is 1.22. The molecule has 2 rings (SSSR count). The Morgan fingerprint density at radius 3 is 3.08 bits per heavy atom. The molecule has 2 aromatic rings. The van der Waals surface area contributed by atoms with Gasteiger partial charge in [-0.15, -0.1) is 0 Å². The Morgan fingerprint density at radius 2 is 2.38 bits per heavy atom. The van der Waals surface area contributed by atoms with E-state index in [1.165, 1.54) is 0 Å². The van der Waals surface area contributed by atoms with Crippen LogP contribution in [0.2, 0.25) is 0 Å². The third-order valence-electron chi connectivity index (χ3n) is 1.83. The van der Waals surface area contributed by atoms with Gasteiger partial charge in [0.25, 0.3) is 0 Å². The van der Waals surface area contributed by atoms with Gasteiger partial charge in [0.15, 0.2) is 5.88 Å². The highest BCUT2D eigenvalue weighted by atomic mass is 16.5. The molecule has 0 atom stereocenters. The van der Waals surface area contributed by atoms with E-state index in [1.807, 2.05) is 0 Å². The van der Waals surface area contributed by atoms with Gasteiger partial charge in [0.1, 0.15) is 6.33 Å². The van der Waals surface area contributed by atoms with Crippen LogP contribution in [0.3, 0.4) is 0 Å². The van der Waals surface area contributed by atoms with E-state index in [1.54, 1.807) is 36.2 Å². The van der Waals surface area contributed by atoms with Crippen molar-refractivity contribution in [3.05, 3.63) is 30.2 Å². The van der Waals surface area contributed by atoms with Gasteiger partial charge >= 0.3 is 0 Å². The summed E-state index contributed by atoms with van der Waals surface area (Å²) in [5.41, 5.74) is 1.43. The lowest BCUT2D eigenvalue weighted by molar-refractivity contribution is 0.392. The summed E-state index contributed by atoms with van der Waals surface area (Å²) < 4.78 is 6.88. The SMILES string of the molecule is COc1cc(C#N)cc2cncn12. The maximum Gasteiger partial charge on any atom is 0.200 e. The van der Waals surface area contributed by atoms with E-state index in [9.17, 15) is 0 Å². The van der Waals surface area contributed by atoms with Crippen molar-refractivity contribution in [2.75, 3.05) is 7.11 Å². The van der Waals surface area contributed by atoms with Crippen molar-refractivity contribution in [2.24, 2.45) is 0 Å². The summed E-state index contributed by atoms with van der Waals surface area (Å²) in [7, 11) is 1.57. The number of nitrogens with zero attached hydrogens (tertiary/aromatic N) is 3. The number of ether oxygens (including phenoxy) is 1. The van der Waals surface area contributed by atoms with E-state index >= 15 is 0 Å². The number of fused-ring (bicyclic) bond motifs is 1. The zero-order chi connectivity index (χ0) is 9.26. The molecule has 0 saturated carbocycles. The van der Waals surface area contributed by atoms with Gasteiger partial charge < -0.3 is 4.74 Å². The van der Waals surface area contributed by atoms with Gasteiger partial charge in [-0.25, -0.2) is 4.98 Å². The first-order valence-electron chi connectivity index (χ1n) is 3.75. The first kappa shape index (κ1) is 7.62. The number of nitriles is 1. The lowest BCUT2D eigenvalue weighted by atomic mass is 10.2. The Hall–Kier alpha value is -2.02. The maximum atomic E-state index is 8.72. The number of imidazole rings is 1. The van der Waals surface area contributed by atoms with Crippen molar-refractivity contribution in [2.45, 2.75) is 0 Å². The van der Waals surface area contributed by atoms with Crippen molar-refractivity contribution in [3.63, 3.8) is 0 Å².